The van der Waals surface area contributed by atoms with E-state index in [1.54, 1.807) is 12.1 Å². The molecule has 0 radical (unpaired) electrons. The molecule has 1 nitrogen and oxygen atoms in total. The van der Waals surface area contributed by atoms with Crippen molar-refractivity contribution in [1.29, 1.82) is 0 Å². The van der Waals surface area contributed by atoms with Gasteiger partial charge in [-0.25, -0.2) is 4.98 Å². The van der Waals surface area contributed by atoms with Crippen molar-refractivity contribution < 1.29 is 13.2 Å². The molecule has 0 atom stereocenters. The monoisotopic (exact) mass is 459 g/mol. The molecular formula is C20H14Cl2F3NS2. The van der Waals surface area contributed by atoms with Gasteiger partial charge >= 0.3 is 6.18 Å². The van der Waals surface area contributed by atoms with Crippen molar-refractivity contribution in [2.24, 2.45) is 0 Å². The van der Waals surface area contributed by atoms with Gasteiger partial charge < -0.3 is 0 Å². The molecule has 0 aliphatic carbocycles. The molecular weight excluding hydrogens is 446 g/mol. The van der Waals surface area contributed by atoms with E-state index < -0.39 is 16.9 Å². The lowest BCUT2D eigenvalue weighted by Gasteiger charge is -2.17. The third-order valence-corrected chi connectivity index (χ3v) is 6.76. The lowest BCUT2D eigenvalue weighted by atomic mass is 10.2. The third kappa shape index (κ3) is 4.98. The van der Waals surface area contributed by atoms with Gasteiger partial charge in [-0.1, -0.05) is 82.1 Å². The zero-order chi connectivity index (χ0) is 20.5. The molecule has 0 spiro atoms. The van der Waals surface area contributed by atoms with E-state index in [0.717, 1.165) is 27.8 Å². The van der Waals surface area contributed by atoms with Crippen molar-refractivity contribution in [3.63, 3.8) is 0 Å². The van der Waals surface area contributed by atoms with Gasteiger partial charge in [0.05, 0.1) is 5.02 Å². The number of hydrogen-bond donors (Lipinski definition) is 0. The molecule has 3 rings (SSSR count). The minimum Gasteiger partial charge on any atom is -0.227 e. The Balaban J connectivity index is 2.09. The first kappa shape index (κ1) is 21.4. The van der Waals surface area contributed by atoms with Crippen molar-refractivity contribution >= 4 is 46.7 Å². The number of aryl methyl sites for hydroxylation is 2. The first-order chi connectivity index (χ1) is 13.1. The summed E-state index contributed by atoms with van der Waals surface area (Å²) in [6, 6.07) is 14.7. The molecule has 0 aliphatic heterocycles. The summed E-state index contributed by atoms with van der Waals surface area (Å²) < 4.78 is 41.0. The fourth-order valence-corrected chi connectivity index (χ4v) is 5.00. The lowest BCUT2D eigenvalue weighted by Crippen LogP contribution is -2.10. The Bertz CT molecular complexity index is 988. The summed E-state index contributed by atoms with van der Waals surface area (Å²) in [5.41, 5.74) is 1.07. The molecule has 3 aromatic rings. The SMILES string of the molecule is Cc1ccc(Sc2nc(Cl)c(C(F)(F)F)c(Sc3ccc(C)cc3)c2Cl)cc1. The van der Waals surface area contributed by atoms with Gasteiger partial charge in [0.15, 0.2) is 0 Å². The minimum absolute atomic E-state index is 0.0622. The molecule has 0 bridgehead atoms. The fourth-order valence-electron chi connectivity index (χ4n) is 2.35. The van der Waals surface area contributed by atoms with Crippen LogP contribution in [0.2, 0.25) is 10.2 Å². The Kier molecular flexibility index (Phi) is 6.54. The average Bonchev–Trinajstić information content (AvgIpc) is 2.61. The minimum atomic E-state index is -4.67. The maximum absolute atomic E-state index is 13.7. The summed E-state index contributed by atoms with van der Waals surface area (Å²) in [6.45, 7) is 3.85. The van der Waals surface area contributed by atoms with Crippen molar-refractivity contribution in [1.82, 2.24) is 4.98 Å². The molecule has 8 heteroatoms. The number of halogens is 5. The van der Waals surface area contributed by atoms with Crippen LogP contribution in [0.25, 0.3) is 0 Å². The van der Waals surface area contributed by atoms with Crippen LogP contribution in [0.3, 0.4) is 0 Å². The highest BCUT2D eigenvalue weighted by Gasteiger charge is 2.39. The average molecular weight is 460 g/mol. The summed E-state index contributed by atoms with van der Waals surface area (Å²) in [5.74, 6) is 0. The number of benzene rings is 2. The van der Waals surface area contributed by atoms with Gasteiger partial charge in [0.2, 0.25) is 0 Å². The number of nitrogens with zero attached hydrogens (tertiary/aromatic N) is 1. The normalized spacial score (nSPS) is 11.7. The zero-order valence-corrected chi connectivity index (χ0v) is 17.9. The fraction of sp³-hybridized carbons (Fsp3) is 0.150. The molecule has 0 fully saturated rings. The summed E-state index contributed by atoms with van der Waals surface area (Å²) in [7, 11) is 0. The smallest absolute Gasteiger partial charge is 0.227 e. The standard InChI is InChI=1S/C20H14Cl2F3NS2/c1-11-3-7-13(8-4-11)27-17-15(20(23,24)25)18(22)26-19(16(17)21)28-14-9-5-12(2)6-10-14/h3-10H,1-2H3. The quantitative estimate of drug-likeness (QED) is 0.363. The van der Waals surface area contributed by atoms with Gasteiger partial charge in [-0.2, -0.15) is 13.2 Å². The molecule has 28 heavy (non-hydrogen) atoms. The predicted octanol–water partition coefficient (Wildman–Crippen LogP) is 8.33. The van der Waals surface area contributed by atoms with E-state index in [-0.39, 0.29) is 14.9 Å². The Morgan fingerprint density at radius 2 is 1.25 bits per heavy atom. The van der Waals surface area contributed by atoms with Gasteiger partial charge in [0.1, 0.15) is 15.7 Å². The number of rotatable bonds is 4. The topological polar surface area (TPSA) is 12.9 Å². The zero-order valence-electron chi connectivity index (χ0n) is 14.8. The van der Waals surface area contributed by atoms with Crippen LogP contribution in [0.4, 0.5) is 13.2 Å². The number of alkyl halides is 3. The van der Waals surface area contributed by atoms with E-state index in [0.29, 0.717) is 4.90 Å². The van der Waals surface area contributed by atoms with E-state index in [9.17, 15) is 13.2 Å². The van der Waals surface area contributed by atoms with Gasteiger partial charge in [-0.15, -0.1) is 0 Å². The largest absolute Gasteiger partial charge is 0.420 e. The van der Waals surface area contributed by atoms with E-state index in [4.69, 9.17) is 23.2 Å². The highest BCUT2D eigenvalue weighted by Crippen LogP contribution is 2.49. The number of pyridine rings is 1. The Hall–Kier alpha value is -1.34. The van der Waals surface area contributed by atoms with Crippen molar-refractivity contribution in [2.45, 2.75) is 39.7 Å². The highest BCUT2D eigenvalue weighted by atomic mass is 35.5. The van der Waals surface area contributed by atoms with Gasteiger partial charge in [-0.05, 0) is 38.1 Å². The number of hydrogen-bond acceptors (Lipinski definition) is 3. The summed E-state index contributed by atoms with van der Waals surface area (Å²) >= 11 is 14.5. The Morgan fingerprint density at radius 3 is 1.71 bits per heavy atom. The molecule has 0 saturated heterocycles. The van der Waals surface area contributed by atoms with Gasteiger partial charge in [0, 0.05) is 14.7 Å². The van der Waals surface area contributed by atoms with Crippen molar-refractivity contribution in [2.75, 3.05) is 0 Å². The molecule has 0 saturated carbocycles. The molecule has 0 N–H and O–H groups in total. The predicted molar refractivity (Wildman–Crippen MR) is 110 cm³/mol. The second-order valence-electron chi connectivity index (χ2n) is 6.05. The Morgan fingerprint density at radius 1 is 0.786 bits per heavy atom. The highest BCUT2D eigenvalue weighted by molar-refractivity contribution is 8.00. The van der Waals surface area contributed by atoms with E-state index in [2.05, 4.69) is 4.98 Å². The van der Waals surface area contributed by atoms with Crippen LogP contribution in [-0.2, 0) is 6.18 Å². The van der Waals surface area contributed by atoms with E-state index >= 15 is 0 Å². The second kappa shape index (κ2) is 8.57. The molecule has 2 aromatic carbocycles. The van der Waals surface area contributed by atoms with Crippen LogP contribution in [0, 0.1) is 13.8 Å². The van der Waals surface area contributed by atoms with Crippen LogP contribution in [0.15, 0.2) is 68.2 Å². The van der Waals surface area contributed by atoms with Crippen LogP contribution >= 0.6 is 46.7 Å². The van der Waals surface area contributed by atoms with E-state index in [1.165, 1.54) is 11.8 Å². The van der Waals surface area contributed by atoms with Crippen LogP contribution in [0.5, 0.6) is 0 Å². The van der Waals surface area contributed by atoms with Crippen LogP contribution in [0.1, 0.15) is 16.7 Å². The van der Waals surface area contributed by atoms with E-state index in [1.807, 2.05) is 50.2 Å². The first-order valence-electron chi connectivity index (χ1n) is 8.10. The summed E-state index contributed by atoms with van der Waals surface area (Å²) in [4.78, 5) is 5.23. The molecule has 0 aliphatic rings. The lowest BCUT2D eigenvalue weighted by molar-refractivity contribution is -0.139. The van der Waals surface area contributed by atoms with Crippen molar-refractivity contribution in [3.8, 4) is 0 Å². The van der Waals surface area contributed by atoms with Gasteiger partial charge in [0.25, 0.3) is 0 Å². The summed E-state index contributed by atoms with van der Waals surface area (Å²) in [5, 5.41) is -0.438. The Labute approximate surface area is 179 Å². The molecule has 1 aromatic heterocycles. The number of aromatic nitrogens is 1. The maximum atomic E-state index is 13.7. The third-order valence-electron chi connectivity index (χ3n) is 3.78. The second-order valence-corrected chi connectivity index (χ2v) is 8.94. The summed E-state index contributed by atoms with van der Waals surface area (Å²) in [6.07, 6.45) is -4.67. The van der Waals surface area contributed by atoms with Crippen LogP contribution < -0.4 is 0 Å². The van der Waals surface area contributed by atoms with Crippen LogP contribution in [-0.4, -0.2) is 4.98 Å². The maximum Gasteiger partial charge on any atom is 0.420 e. The molecule has 0 unspecified atom stereocenters. The molecule has 146 valence electrons. The molecule has 0 amide bonds. The molecule has 1 heterocycles. The van der Waals surface area contributed by atoms with Gasteiger partial charge in [-0.3, -0.25) is 0 Å². The first-order valence-corrected chi connectivity index (χ1v) is 10.5. The van der Waals surface area contributed by atoms with Crippen molar-refractivity contribution in [3.05, 3.63) is 75.4 Å².